The molecule has 0 spiro atoms. The van der Waals surface area contributed by atoms with Crippen LogP contribution in [0.1, 0.15) is 27.0 Å². The van der Waals surface area contributed by atoms with Gasteiger partial charge in [0.1, 0.15) is 28.8 Å². The number of ketones is 1. The van der Waals surface area contributed by atoms with Gasteiger partial charge in [0, 0.05) is 44.5 Å². The monoisotopic (exact) mass is 487 g/mol. The number of aryl methyl sites for hydroxylation is 1. The van der Waals surface area contributed by atoms with Crippen molar-refractivity contribution in [1.82, 2.24) is 9.88 Å². The summed E-state index contributed by atoms with van der Waals surface area (Å²) in [5, 5.41) is 10.8. The van der Waals surface area contributed by atoms with E-state index in [4.69, 9.17) is 14.2 Å². The highest BCUT2D eigenvalue weighted by atomic mass is 16.5. The summed E-state index contributed by atoms with van der Waals surface area (Å²) >= 11 is 0. The number of carbonyl (C=O) groups is 1. The second-order valence-corrected chi connectivity index (χ2v) is 8.89. The van der Waals surface area contributed by atoms with Crippen LogP contribution in [0.3, 0.4) is 0 Å². The number of rotatable bonds is 6. The summed E-state index contributed by atoms with van der Waals surface area (Å²) in [6, 6.07) is 12.9. The van der Waals surface area contributed by atoms with Gasteiger partial charge in [-0.1, -0.05) is 6.07 Å². The van der Waals surface area contributed by atoms with Crippen molar-refractivity contribution in [1.29, 1.82) is 0 Å². The molecule has 0 aliphatic carbocycles. The van der Waals surface area contributed by atoms with Crippen molar-refractivity contribution in [3.05, 3.63) is 76.7 Å². The molecule has 1 saturated heterocycles. The van der Waals surface area contributed by atoms with Crippen molar-refractivity contribution in [3.8, 4) is 23.0 Å². The van der Waals surface area contributed by atoms with Crippen molar-refractivity contribution in [2.24, 2.45) is 0 Å². The van der Waals surface area contributed by atoms with Crippen molar-refractivity contribution < 1.29 is 24.1 Å². The molecular formula is C28H29N3O5. The third-order valence-corrected chi connectivity index (χ3v) is 6.67. The number of Topliss-reactive ketones (excluding diaryl/α,β-unsaturated/α-hetero) is 1. The summed E-state index contributed by atoms with van der Waals surface area (Å²) in [5.74, 6) is 2.74. The summed E-state index contributed by atoms with van der Waals surface area (Å²) in [4.78, 5) is 22.3. The van der Waals surface area contributed by atoms with Gasteiger partial charge in [-0.15, -0.1) is 0 Å². The molecule has 0 radical (unpaired) electrons. The molecule has 0 bridgehead atoms. The third-order valence-electron chi connectivity index (χ3n) is 6.67. The first-order valence-corrected chi connectivity index (χ1v) is 11.9. The Hall–Kier alpha value is -4.04. The summed E-state index contributed by atoms with van der Waals surface area (Å²) in [5.41, 5.74) is 2.46. The maximum atomic E-state index is 13.4. The Balaban J connectivity index is 1.40. The van der Waals surface area contributed by atoms with E-state index in [9.17, 15) is 9.90 Å². The summed E-state index contributed by atoms with van der Waals surface area (Å²) < 4.78 is 16.9. The molecule has 0 amide bonds. The number of fused-ring (bicyclic) bond motifs is 1. The molecule has 2 aliphatic rings. The number of aromatic hydroxyl groups is 1. The number of hydrogen-bond acceptors (Lipinski definition) is 8. The highest BCUT2D eigenvalue weighted by Crippen LogP contribution is 2.43. The van der Waals surface area contributed by atoms with Crippen LogP contribution in [0, 0.1) is 6.92 Å². The lowest BCUT2D eigenvalue weighted by atomic mass is 9.99. The van der Waals surface area contributed by atoms with Crippen LogP contribution in [0.2, 0.25) is 0 Å². The van der Waals surface area contributed by atoms with Crippen molar-refractivity contribution in [2.45, 2.75) is 13.5 Å². The molecule has 1 fully saturated rings. The Bertz CT molecular complexity index is 1310. The fraction of sp³-hybridized carbons (Fsp3) is 0.286. The van der Waals surface area contributed by atoms with Gasteiger partial charge in [0.2, 0.25) is 5.78 Å². The number of nitrogens with zero attached hydrogens (tertiary/aromatic N) is 3. The van der Waals surface area contributed by atoms with Crippen LogP contribution in [-0.2, 0) is 6.54 Å². The first-order valence-electron chi connectivity index (χ1n) is 11.9. The minimum absolute atomic E-state index is 0.131. The molecular weight excluding hydrogens is 458 g/mol. The van der Waals surface area contributed by atoms with Crippen LogP contribution >= 0.6 is 0 Å². The van der Waals surface area contributed by atoms with Gasteiger partial charge < -0.3 is 24.2 Å². The van der Waals surface area contributed by atoms with E-state index in [1.165, 1.54) is 0 Å². The number of ether oxygens (including phenoxy) is 3. The van der Waals surface area contributed by atoms with Gasteiger partial charge in [0.05, 0.1) is 25.3 Å². The maximum Gasteiger partial charge on any atom is 0.232 e. The van der Waals surface area contributed by atoms with Gasteiger partial charge in [-0.25, -0.2) is 4.98 Å². The first-order chi connectivity index (χ1) is 17.5. The van der Waals surface area contributed by atoms with Crippen LogP contribution in [0.5, 0.6) is 23.0 Å². The fourth-order valence-corrected chi connectivity index (χ4v) is 4.73. The molecule has 3 aromatic rings. The number of piperazine rings is 1. The van der Waals surface area contributed by atoms with Crippen LogP contribution in [0.25, 0.3) is 6.08 Å². The third kappa shape index (κ3) is 4.47. The number of aromatic nitrogens is 1. The van der Waals surface area contributed by atoms with Gasteiger partial charge >= 0.3 is 0 Å². The van der Waals surface area contributed by atoms with Crippen molar-refractivity contribution >= 4 is 17.7 Å². The largest absolute Gasteiger partial charge is 0.507 e. The molecule has 8 nitrogen and oxygen atoms in total. The predicted molar refractivity (Wildman–Crippen MR) is 137 cm³/mol. The Morgan fingerprint density at radius 3 is 2.58 bits per heavy atom. The summed E-state index contributed by atoms with van der Waals surface area (Å²) in [7, 11) is 3.16. The molecule has 186 valence electrons. The van der Waals surface area contributed by atoms with Crippen LogP contribution < -0.4 is 19.1 Å². The number of allylic oxidation sites excluding steroid dienone is 1. The number of pyridine rings is 1. The zero-order chi connectivity index (χ0) is 25.2. The lowest BCUT2D eigenvalue weighted by Crippen LogP contribution is -2.46. The molecule has 8 heteroatoms. The topological polar surface area (TPSA) is 84.4 Å². The Kier molecular flexibility index (Phi) is 6.52. The average Bonchev–Trinajstić information content (AvgIpc) is 3.23. The van der Waals surface area contributed by atoms with Gasteiger partial charge in [0.25, 0.3) is 0 Å². The zero-order valence-corrected chi connectivity index (χ0v) is 20.7. The van der Waals surface area contributed by atoms with Gasteiger partial charge in [-0.2, -0.15) is 0 Å². The van der Waals surface area contributed by atoms with Crippen LogP contribution in [-0.4, -0.2) is 61.2 Å². The number of methoxy groups -OCH3 is 2. The second kappa shape index (κ2) is 9.91. The molecule has 0 unspecified atom stereocenters. The summed E-state index contributed by atoms with van der Waals surface area (Å²) in [6.45, 7) is 5.54. The number of phenolic OH excluding ortho intramolecular Hbond substituents is 1. The maximum absolute atomic E-state index is 13.4. The average molecular weight is 488 g/mol. The minimum Gasteiger partial charge on any atom is -0.507 e. The van der Waals surface area contributed by atoms with Crippen LogP contribution in [0.15, 0.2) is 54.4 Å². The molecule has 1 aromatic heterocycles. The second-order valence-electron chi connectivity index (χ2n) is 8.89. The van der Waals surface area contributed by atoms with Crippen molar-refractivity contribution in [3.63, 3.8) is 0 Å². The molecule has 2 aliphatic heterocycles. The number of anilines is 1. The van der Waals surface area contributed by atoms with Crippen molar-refractivity contribution in [2.75, 3.05) is 45.3 Å². The molecule has 0 atom stereocenters. The molecule has 0 saturated carbocycles. The number of carbonyl (C=O) groups excluding carboxylic acids is 1. The van der Waals surface area contributed by atoms with E-state index in [2.05, 4.69) is 14.8 Å². The zero-order valence-electron chi connectivity index (χ0n) is 20.7. The molecule has 36 heavy (non-hydrogen) atoms. The standard InChI is InChI=1S/C28H29N3O5/c1-18-14-22(32)21(17-30-10-12-31(13-11-30)25-6-4-5-9-29-25)28-26(18)27(33)24(36-28)16-19-15-20(34-2)7-8-23(19)35-3/h4-9,14-16,32H,10-13,17H2,1-3H3/b24-16-. The minimum atomic E-state index is -0.214. The smallest absolute Gasteiger partial charge is 0.232 e. The Morgan fingerprint density at radius 1 is 1.08 bits per heavy atom. The Labute approximate surface area is 210 Å². The van der Waals surface area contributed by atoms with Gasteiger partial charge in [-0.05, 0) is 55.0 Å². The quantitative estimate of drug-likeness (QED) is 0.522. The molecule has 1 N–H and O–H groups in total. The van der Waals surface area contributed by atoms with Gasteiger partial charge in [-0.3, -0.25) is 9.69 Å². The lowest BCUT2D eigenvalue weighted by molar-refractivity contribution is 0.101. The van der Waals surface area contributed by atoms with E-state index < -0.39 is 0 Å². The molecule has 3 heterocycles. The number of phenols is 1. The van der Waals surface area contributed by atoms with E-state index in [-0.39, 0.29) is 17.3 Å². The van der Waals surface area contributed by atoms with Crippen LogP contribution in [0.4, 0.5) is 5.82 Å². The first kappa shape index (κ1) is 23.7. The molecule has 2 aromatic carbocycles. The van der Waals surface area contributed by atoms with Gasteiger partial charge in [0.15, 0.2) is 5.76 Å². The normalized spacial score (nSPS) is 16.7. The van der Waals surface area contributed by atoms with E-state index in [1.807, 2.05) is 25.1 Å². The summed E-state index contributed by atoms with van der Waals surface area (Å²) in [6.07, 6.45) is 3.46. The van der Waals surface area contributed by atoms with E-state index in [0.717, 1.165) is 32.0 Å². The highest BCUT2D eigenvalue weighted by Gasteiger charge is 2.34. The number of benzene rings is 2. The Morgan fingerprint density at radius 2 is 1.89 bits per heavy atom. The fourth-order valence-electron chi connectivity index (χ4n) is 4.73. The molecule has 5 rings (SSSR count). The predicted octanol–water partition coefficient (Wildman–Crippen LogP) is 4.05. The highest BCUT2D eigenvalue weighted by molar-refractivity contribution is 6.16. The van der Waals surface area contributed by atoms with E-state index in [1.54, 1.807) is 50.8 Å². The number of hydrogen-bond donors (Lipinski definition) is 1. The lowest BCUT2D eigenvalue weighted by Gasteiger charge is -2.35. The van der Waals surface area contributed by atoms with E-state index >= 15 is 0 Å². The SMILES string of the molecule is COc1ccc(OC)c(/C=C2\Oc3c(CN4CCN(c5ccccn5)CC4)c(O)cc(C)c3C2=O)c1. The van der Waals surface area contributed by atoms with E-state index in [0.29, 0.717) is 46.0 Å².